The number of rotatable bonds is 5. The van der Waals surface area contributed by atoms with Gasteiger partial charge >= 0.3 is 0 Å². The lowest BCUT2D eigenvalue weighted by molar-refractivity contribution is -0.116. The summed E-state index contributed by atoms with van der Waals surface area (Å²) in [6, 6.07) is 15.5. The second-order valence-electron chi connectivity index (χ2n) is 8.38. The zero-order valence-electron chi connectivity index (χ0n) is 17.8. The molecule has 0 bridgehead atoms. The van der Waals surface area contributed by atoms with Crippen LogP contribution in [0.2, 0.25) is 0 Å². The predicted molar refractivity (Wildman–Crippen MR) is 125 cm³/mol. The Morgan fingerprint density at radius 3 is 2.75 bits per heavy atom. The highest BCUT2D eigenvalue weighted by Gasteiger charge is 2.23. The molecule has 1 aromatic heterocycles. The molecular weight excluding hydrogens is 398 g/mol. The molecule has 0 spiro atoms. The third-order valence-corrected chi connectivity index (χ3v) is 6.00. The smallest absolute Gasteiger partial charge is 0.226 e. The third kappa shape index (κ3) is 4.33. The molecule has 2 aliphatic carbocycles. The van der Waals surface area contributed by atoms with Gasteiger partial charge in [-0.2, -0.15) is 0 Å². The number of benzene rings is 2. The van der Waals surface area contributed by atoms with Crippen LogP contribution >= 0.6 is 0 Å². The molecule has 2 aromatic carbocycles. The number of allylic oxidation sites excluding steroid dienone is 4. The van der Waals surface area contributed by atoms with Gasteiger partial charge in [-0.25, -0.2) is 9.97 Å². The summed E-state index contributed by atoms with van der Waals surface area (Å²) in [6.07, 6.45) is 11.6. The molecule has 0 aliphatic heterocycles. The van der Waals surface area contributed by atoms with Crippen LogP contribution in [0.4, 0.5) is 5.82 Å². The molecule has 1 unspecified atom stereocenters. The van der Waals surface area contributed by atoms with Crippen LogP contribution in [0.15, 0.2) is 72.8 Å². The number of hydrogen-bond donors (Lipinski definition) is 2. The van der Waals surface area contributed by atoms with Gasteiger partial charge in [-0.05, 0) is 54.5 Å². The largest absolute Gasteiger partial charge is 0.508 e. The molecule has 0 radical (unpaired) electrons. The molecule has 2 aliphatic rings. The Morgan fingerprint density at radius 1 is 1.06 bits per heavy atom. The first-order valence-electron chi connectivity index (χ1n) is 11.0. The molecule has 1 heterocycles. The Kier molecular flexibility index (Phi) is 5.55. The molecule has 5 rings (SSSR count). The van der Waals surface area contributed by atoms with Crippen LogP contribution in [0, 0.1) is 5.92 Å². The third-order valence-electron chi connectivity index (χ3n) is 6.00. The van der Waals surface area contributed by atoms with Gasteiger partial charge in [0.05, 0.1) is 17.1 Å². The zero-order chi connectivity index (χ0) is 21.9. The number of carbonyl (C=O) groups is 1. The Morgan fingerprint density at radius 2 is 1.94 bits per heavy atom. The summed E-state index contributed by atoms with van der Waals surface area (Å²) in [5, 5.41) is 12.9. The fourth-order valence-corrected chi connectivity index (χ4v) is 4.38. The molecule has 0 saturated carbocycles. The molecule has 0 fully saturated rings. The molecule has 1 atom stereocenters. The number of phenolic OH excluding ortho intramolecular Hbond substituents is 1. The summed E-state index contributed by atoms with van der Waals surface area (Å²) in [4.78, 5) is 22.7. The minimum absolute atomic E-state index is 0.0420. The SMILES string of the molecule is O=C(CC1C=CC=CC1)Nc1nc2c(nc1Cc1ccccc1)-c1ccc(O)cc1CC2. The van der Waals surface area contributed by atoms with Crippen LogP contribution in [0.3, 0.4) is 0 Å². The number of phenols is 1. The van der Waals surface area contributed by atoms with E-state index in [4.69, 9.17) is 9.97 Å². The average molecular weight is 424 g/mol. The average Bonchev–Trinajstić information content (AvgIpc) is 2.80. The summed E-state index contributed by atoms with van der Waals surface area (Å²) in [5.41, 5.74) is 5.67. The van der Waals surface area contributed by atoms with Crippen LogP contribution < -0.4 is 5.32 Å². The number of aromatic hydroxyl groups is 1. The van der Waals surface area contributed by atoms with Crippen molar-refractivity contribution in [2.45, 2.75) is 32.1 Å². The van der Waals surface area contributed by atoms with E-state index in [-0.39, 0.29) is 17.6 Å². The monoisotopic (exact) mass is 423 g/mol. The van der Waals surface area contributed by atoms with Gasteiger partial charge in [0.2, 0.25) is 5.91 Å². The number of carbonyl (C=O) groups excluding carboxylic acids is 1. The summed E-state index contributed by atoms with van der Waals surface area (Å²) < 4.78 is 0. The van der Waals surface area contributed by atoms with Gasteiger partial charge in [-0.15, -0.1) is 0 Å². The molecule has 160 valence electrons. The van der Waals surface area contributed by atoms with E-state index >= 15 is 0 Å². The van der Waals surface area contributed by atoms with Gasteiger partial charge in [-0.3, -0.25) is 4.79 Å². The fraction of sp³-hybridized carbons (Fsp3) is 0.222. The first-order valence-corrected chi connectivity index (χ1v) is 11.0. The molecule has 1 amide bonds. The zero-order valence-corrected chi connectivity index (χ0v) is 17.8. The van der Waals surface area contributed by atoms with E-state index in [1.165, 1.54) is 0 Å². The van der Waals surface area contributed by atoms with E-state index in [1.807, 2.05) is 36.4 Å². The first kappa shape index (κ1) is 20.2. The van der Waals surface area contributed by atoms with Crippen LogP contribution in [0.5, 0.6) is 5.75 Å². The number of nitrogens with one attached hydrogen (secondary N) is 1. The van der Waals surface area contributed by atoms with Gasteiger partial charge in [0.15, 0.2) is 5.82 Å². The van der Waals surface area contributed by atoms with E-state index in [0.717, 1.165) is 53.0 Å². The van der Waals surface area contributed by atoms with Gasteiger partial charge in [0, 0.05) is 18.4 Å². The summed E-state index contributed by atoms with van der Waals surface area (Å²) in [5.74, 6) is 0.984. The minimum Gasteiger partial charge on any atom is -0.508 e. The summed E-state index contributed by atoms with van der Waals surface area (Å²) in [6.45, 7) is 0. The minimum atomic E-state index is -0.0420. The maximum atomic E-state index is 12.8. The second kappa shape index (κ2) is 8.79. The highest BCUT2D eigenvalue weighted by molar-refractivity contribution is 5.91. The highest BCUT2D eigenvalue weighted by Crippen LogP contribution is 2.35. The standard InChI is InChI=1S/C27H25N3O2/c31-21-12-13-22-20(17-21)11-14-23-26(22)28-24(15-18-7-3-1-4-8-18)27(29-23)30-25(32)16-19-9-5-2-6-10-19/h1-9,12-13,17,19,31H,10-11,14-16H2,(H,29,30,32). The van der Waals surface area contributed by atoms with Crippen molar-refractivity contribution in [1.29, 1.82) is 0 Å². The normalized spacial score (nSPS) is 16.3. The maximum Gasteiger partial charge on any atom is 0.226 e. The Bertz CT molecular complexity index is 1220. The van der Waals surface area contributed by atoms with Crippen molar-refractivity contribution in [2.75, 3.05) is 5.32 Å². The van der Waals surface area contributed by atoms with Crippen LogP contribution in [-0.4, -0.2) is 21.0 Å². The van der Waals surface area contributed by atoms with Gasteiger partial charge < -0.3 is 10.4 Å². The molecular formula is C27H25N3O2. The number of aryl methyl sites for hydroxylation is 2. The maximum absolute atomic E-state index is 12.8. The molecule has 5 nitrogen and oxygen atoms in total. The fourth-order valence-electron chi connectivity index (χ4n) is 4.38. The molecule has 32 heavy (non-hydrogen) atoms. The lowest BCUT2D eigenvalue weighted by Gasteiger charge is -2.21. The first-order chi connectivity index (χ1) is 15.7. The van der Waals surface area contributed by atoms with Gasteiger partial charge in [0.1, 0.15) is 5.75 Å². The quantitative estimate of drug-likeness (QED) is 0.606. The Balaban J connectivity index is 1.49. The van der Waals surface area contributed by atoms with Crippen molar-refractivity contribution in [1.82, 2.24) is 9.97 Å². The lowest BCUT2D eigenvalue weighted by atomic mass is 9.91. The lowest BCUT2D eigenvalue weighted by Crippen LogP contribution is -2.20. The van der Waals surface area contributed by atoms with E-state index in [0.29, 0.717) is 18.7 Å². The van der Waals surface area contributed by atoms with Crippen molar-refractivity contribution in [3.8, 4) is 17.0 Å². The summed E-state index contributed by atoms with van der Waals surface area (Å²) >= 11 is 0. The van der Waals surface area contributed by atoms with Crippen molar-refractivity contribution in [2.24, 2.45) is 5.92 Å². The van der Waals surface area contributed by atoms with Crippen molar-refractivity contribution < 1.29 is 9.90 Å². The number of anilines is 1. The van der Waals surface area contributed by atoms with E-state index < -0.39 is 0 Å². The highest BCUT2D eigenvalue weighted by atomic mass is 16.3. The Labute approximate surface area is 187 Å². The molecule has 3 aromatic rings. The number of nitrogens with zero attached hydrogens (tertiary/aromatic N) is 2. The second-order valence-corrected chi connectivity index (χ2v) is 8.38. The number of hydrogen-bond acceptors (Lipinski definition) is 4. The molecule has 5 heteroatoms. The van der Waals surface area contributed by atoms with E-state index in [9.17, 15) is 9.90 Å². The van der Waals surface area contributed by atoms with Crippen molar-refractivity contribution >= 4 is 11.7 Å². The van der Waals surface area contributed by atoms with Crippen molar-refractivity contribution in [3.63, 3.8) is 0 Å². The number of amides is 1. The van der Waals surface area contributed by atoms with E-state index in [2.05, 4.69) is 29.6 Å². The number of fused-ring (bicyclic) bond motifs is 3. The predicted octanol–water partition coefficient (Wildman–Crippen LogP) is 5.00. The van der Waals surface area contributed by atoms with Gasteiger partial charge in [0.25, 0.3) is 0 Å². The van der Waals surface area contributed by atoms with Crippen LogP contribution in [0.25, 0.3) is 11.3 Å². The summed E-state index contributed by atoms with van der Waals surface area (Å²) in [7, 11) is 0. The van der Waals surface area contributed by atoms with Gasteiger partial charge in [-0.1, -0.05) is 54.6 Å². The van der Waals surface area contributed by atoms with Crippen LogP contribution in [0.1, 0.15) is 35.4 Å². The molecule has 0 saturated heterocycles. The Hall–Kier alpha value is -3.73. The molecule has 2 N–H and O–H groups in total. The topological polar surface area (TPSA) is 75.1 Å². The van der Waals surface area contributed by atoms with Crippen LogP contribution in [-0.2, 0) is 24.1 Å². The number of aromatic nitrogens is 2. The van der Waals surface area contributed by atoms with Crippen molar-refractivity contribution in [3.05, 3.63) is 95.3 Å². The van der Waals surface area contributed by atoms with E-state index in [1.54, 1.807) is 12.1 Å².